The Morgan fingerprint density at radius 3 is 2.71 bits per heavy atom. The van der Waals surface area contributed by atoms with Gasteiger partial charge in [-0.25, -0.2) is 0 Å². The van der Waals surface area contributed by atoms with Crippen molar-refractivity contribution in [3.63, 3.8) is 0 Å². The van der Waals surface area contributed by atoms with E-state index in [-0.39, 0.29) is 11.3 Å². The number of amides is 1. The quantitative estimate of drug-likeness (QED) is 0.642. The number of rotatable bonds is 3. The van der Waals surface area contributed by atoms with Crippen LogP contribution in [0.1, 0.15) is 60.2 Å². The third-order valence-corrected chi connectivity index (χ3v) is 7.34. The van der Waals surface area contributed by atoms with E-state index in [2.05, 4.69) is 61.3 Å². The number of H-pyrrole nitrogens is 1. The highest BCUT2D eigenvalue weighted by Gasteiger charge is 2.40. The molecule has 1 saturated heterocycles. The summed E-state index contributed by atoms with van der Waals surface area (Å²) in [5, 5.41) is 4.63. The first kappa shape index (κ1) is 20.3. The minimum Gasteiger partial charge on any atom is -0.361 e. The molecule has 2 heterocycles. The average molecular weight is 416 g/mol. The Morgan fingerprint density at radius 2 is 1.97 bits per heavy atom. The molecule has 0 spiro atoms. The number of nitrogens with zero attached hydrogens (tertiary/aromatic N) is 1. The van der Waals surface area contributed by atoms with Crippen LogP contribution in [0.25, 0.3) is 10.9 Å². The molecule has 1 fully saturated rings. The lowest BCUT2D eigenvalue weighted by Crippen LogP contribution is -2.50. The molecule has 0 radical (unpaired) electrons. The number of likely N-dealkylation sites (tertiary alicyclic amines) is 1. The number of aromatic nitrogens is 1. The summed E-state index contributed by atoms with van der Waals surface area (Å²) in [6.45, 7) is 8.63. The summed E-state index contributed by atoms with van der Waals surface area (Å²) in [7, 11) is 2.26. The Kier molecular flexibility index (Phi) is 4.93. The normalized spacial score (nSPS) is 23.5. The van der Waals surface area contributed by atoms with E-state index in [0.29, 0.717) is 17.9 Å². The smallest absolute Gasteiger partial charge is 0.251 e. The van der Waals surface area contributed by atoms with Gasteiger partial charge in [-0.15, -0.1) is 0 Å². The van der Waals surface area contributed by atoms with Crippen LogP contribution >= 0.6 is 0 Å². The number of likely N-dealkylation sites (N-methyl/N-ethyl adjacent to an activating group) is 1. The van der Waals surface area contributed by atoms with Gasteiger partial charge in [0.05, 0.1) is 0 Å². The molecule has 1 aliphatic heterocycles. The average Bonchev–Trinajstić information content (AvgIpc) is 3.16. The van der Waals surface area contributed by atoms with Gasteiger partial charge in [0.25, 0.3) is 5.91 Å². The van der Waals surface area contributed by atoms with Gasteiger partial charge in [0.2, 0.25) is 0 Å². The van der Waals surface area contributed by atoms with E-state index in [4.69, 9.17) is 0 Å². The fourth-order valence-electron chi connectivity index (χ4n) is 5.63. The van der Waals surface area contributed by atoms with Gasteiger partial charge in [-0.05, 0) is 66.1 Å². The Bertz CT molecular complexity index is 1110. The Hall–Kier alpha value is -2.59. The predicted octanol–water partition coefficient (Wildman–Crippen LogP) is 4.86. The molecule has 1 aromatic heterocycles. The Labute approximate surface area is 185 Å². The van der Waals surface area contributed by atoms with Gasteiger partial charge in [0, 0.05) is 47.7 Å². The second kappa shape index (κ2) is 7.52. The molecule has 4 nitrogen and oxygen atoms in total. The van der Waals surface area contributed by atoms with Crippen LogP contribution in [0.3, 0.4) is 0 Å². The molecule has 1 amide bonds. The van der Waals surface area contributed by atoms with Gasteiger partial charge in [-0.3, -0.25) is 4.79 Å². The molecule has 2 N–H and O–H groups in total. The van der Waals surface area contributed by atoms with E-state index in [1.165, 1.54) is 27.6 Å². The highest BCUT2D eigenvalue weighted by atomic mass is 16.1. The molecule has 3 atom stereocenters. The molecule has 1 aliphatic carbocycles. The fraction of sp³-hybridized carbons (Fsp3) is 0.444. The van der Waals surface area contributed by atoms with Gasteiger partial charge in [0.1, 0.15) is 0 Å². The molecule has 4 heteroatoms. The van der Waals surface area contributed by atoms with E-state index in [9.17, 15) is 4.79 Å². The fourth-order valence-corrected chi connectivity index (χ4v) is 5.63. The lowest BCUT2D eigenvalue weighted by Gasteiger charge is -2.46. The molecule has 2 aromatic carbocycles. The van der Waals surface area contributed by atoms with Crippen molar-refractivity contribution in [2.24, 2.45) is 5.92 Å². The Morgan fingerprint density at radius 1 is 1.19 bits per heavy atom. The van der Waals surface area contributed by atoms with Crippen LogP contribution in [-0.2, 0) is 11.8 Å². The third kappa shape index (κ3) is 3.67. The van der Waals surface area contributed by atoms with Crippen LogP contribution in [0.2, 0.25) is 0 Å². The van der Waals surface area contributed by atoms with Crippen molar-refractivity contribution in [1.82, 2.24) is 15.2 Å². The molecule has 0 unspecified atom stereocenters. The molecule has 31 heavy (non-hydrogen) atoms. The summed E-state index contributed by atoms with van der Waals surface area (Å²) in [6, 6.07) is 14.9. The number of nitrogens with one attached hydrogen (secondary N) is 2. The van der Waals surface area contributed by atoms with Crippen molar-refractivity contribution in [1.29, 1.82) is 0 Å². The predicted molar refractivity (Wildman–Crippen MR) is 127 cm³/mol. The number of aromatic amines is 1. The number of carbonyl (C=O) groups is 1. The van der Waals surface area contributed by atoms with Crippen molar-refractivity contribution < 1.29 is 4.79 Å². The summed E-state index contributed by atoms with van der Waals surface area (Å²) in [5.74, 6) is 0.984. The lowest BCUT2D eigenvalue weighted by molar-refractivity contribution is 0.0891. The molecule has 5 rings (SSSR count). The zero-order valence-electron chi connectivity index (χ0n) is 19.0. The first-order valence-electron chi connectivity index (χ1n) is 11.5. The van der Waals surface area contributed by atoms with E-state index < -0.39 is 0 Å². The second-order valence-corrected chi connectivity index (χ2v) is 10.5. The standard InChI is InChI=1S/C27H33N3O/c1-27(2,3)20-12-22-21-10-17(14-29-26(31)18-8-6-5-7-9-18)16-30(4)24(21)11-19-15-28-23(13-20)25(19)22/h5-9,12-13,15,17,21,24,28H,10-11,14,16H2,1-4H3,(H,29,31)/t17-,21+,24+/m0/s1. The van der Waals surface area contributed by atoms with E-state index >= 15 is 0 Å². The largest absolute Gasteiger partial charge is 0.361 e. The van der Waals surface area contributed by atoms with Crippen molar-refractivity contribution >= 4 is 16.8 Å². The zero-order valence-corrected chi connectivity index (χ0v) is 19.0. The summed E-state index contributed by atoms with van der Waals surface area (Å²) in [4.78, 5) is 18.6. The summed E-state index contributed by atoms with van der Waals surface area (Å²) in [5.41, 5.74) is 6.48. The number of hydrogen-bond acceptors (Lipinski definition) is 2. The summed E-state index contributed by atoms with van der Waals surface area (Å²) >= 11 is 0. The first-order chi connectivity index (χ1) is 14.8. The van der Waals surface area contributed by atoms with Gasteiger partial charge in [-0.2, -0.15) is 0 Å². The maximum atomic E-state index is 12.6. The van der Waals surface area contributed by atoms with Crippen LogP contribution < -0.4 is 5.32 Å². The molecular formula is C27H33N3O. The minimum atomic E-state index is 0.0269. The monoisotopic (exact) mass is 415 g/mol. The van der Waals surface area contributed by atoms with Gasteiger partial charge >= 0.3 is 0 Å². The molecule has 0 bridgehead atoms. The number of carbonyl (C=O) groups excluding carboxylic acids is 1. The summed E-state index contributed by atoms with van der Waals surface area (Å²) < 4.78 is 0. The SMILES string of the molecule is CN1C[C@H](CNC(=O)c2ccccc2)C[C@@H]2c3cc(C(C)(C)C)cc4[nH]cc(c34)C[C@H]21. The van der Waals surface area contributed by atoms with Gasteiger partial charge < -0.3 is 15.2 Å². The van der Waals surface area contributed by atoms with Gasteiger partial charge in [-0.1, -0.05) is 45.0 Å². The van der Waals surface area contributed by atoms with Crippen LogP contribution in [0.5, 0.6) is 0 Å². The van der Waals surface area contributed by atoms with E-state index in [0.717, 1.165) is 31.5 Å². The molecule has 0 saturated carbocycles. The maximum absolute atomic E-state index is 12.6. The maximum Gasteiger partial charge on any atom is 0.251 e. The lowest BCUT2D eigenvalue weighted by atomic mass is 9.71. The highest BCUT2D eigenvalue weighted by molar-refractivity contribution is 5.94. The number of hydrogen-bond donors (Lipinski definition) is 2. The van der Waals surface area contributed by atoms with Gasteiger partial charge in [0.15, 0.2) is 0 Å². The number of piperidine rings is 1. The molecule has 2 aliphatic rings. The highest BCUT2D eigenvalue weighted by Crippen LogP contribution is 2.45. The molecule has 162 valence electrons. The second-order valence-electron chi connectivity index (χ2n) is 10.5. The van der Waals surface area contributed by atoms with Crippen LogP contribution in [0.4, 0.5) is 0 Å². The Balaban J connectivity index is 1.42. The third-order valence-electron chi connectivity index (χ3n) is 7.34. The van der Waals surface area contributed by atoms with Crippen LogP contribution in [-0.4, -0.2) is 42.0 Å². The molecule has 3 aromatic rings. The summed E-state index contributed by atoms with van der Waals surface area (Å²) in [6.07, 6.45) is 4.44. The van der Waals surface area contributed by atoms with E-state index in [1.54, 1.807) is 0 Å². The van der Waals surface area contributed by atoms with E-state index in [1.807, 2.05) is 30.3 Å². The molecular weight excluding hydrogens is 382 g/mol. The van der Waals surface area contributed by atoms with Crippen LogP contribution in [0, 0.1) is 5.92 Å². The number of fused-ring (bicyclic) bond motifs is 2. The zero-order chi connectivity index (χ0) is 21.8. The van der Waals surface area contributed by atoms with Crippen molar-refractivity contribution in [3.8, 4) is 0 Å². The van der Waals surface area contributed by atoms with Crippen molar-refractivity contribution in [2.45, 2.75) is 51.0 Å². The topological polar surface area (TPSA) is 48.1 Å². The first-order valence-corrected chi connectivity index (χ1v) is 11.5. The van der Waals surface area contributed by atoms with Crippen LogP contribution in [0.15, 0.2) is 48.7 Å². The minimum absolute atomic E-state index is 0.0269. The van der Waals surface area contributed by atoms with Crippen molar-refractivity contribution in [2.75, 3.05) is 20.1 Å². The van der Waals surface area contributed by atoms with Crippen molar-refractivity contribution in [3.05, 3.63) is 70.9 Å². The number of benzene rings is 2.